The molecule has 1 fully saturated rings. The molecule has 21 heavy (non-hydrogen) atoms. The molecule has 0 aromatic rings. The van der Waals surface area contributed by atoms with Gasteiger partial charge in [-0.3, -0.25) is 4.90 Å². The van der Waals surface area contributed by atoms with E-state index in [0.29, 0.717) is 12.6 Å². The van der Waals surface area contributed by atoms with Gasteiger partial charge in [-0.15, -0.1) is 0 Å². The fraction of sp³-hybridized carbons (Fsp3) is 1.00. The third-order valence-corrected chi connectivity index (χ3v) is 7.06. The van der Waals surface area contributed by atoms with Crippen molar-refractivity contribution in [2.45, 2.75) is 71.7 Å². The van der Waals surface area contributed by atoms with Crippen LogP contribution in [0.2, 0.25) is 0 Å². The molecule has 0 aliphatic carbocycles. The summed E-state index contributed by atoms with van der Waals surface area (Å²) in [4.78, 5) is 2.39. The molecule has 1 N–H and O–H groups in total. The lowest BCUT2D eigenvalue weighted by Gasteiger charge is -2.50. The van der Waals surface area contributed by atoms with Gasteiger partial charge in [-0.05, 0) is 32.6 Å². The van der Waals surface area contributed by atoms with E-state index in [4.69, 9.17) is 0 Å². The van der Waals surface area contributed by atoms with Crippen LogP contribution >= 0.6 is 0 Å². The summed E-state index contributed by atoms with van der Waals surface area (Å²) >= 11 is 0. The molecule has 0 spiro atoms. The zero-order chi connectivity index (χ0) is 16.5. The van der Waals surface area contributed by atoms with Crippen LogP contribution in [0.4, 0.5) is 0 Å². The zero-order valence-corrected chi connectivity index (χ0v) is 15.7. The van der Waals surface area contributed by atoms with Gasteiger partial charge in [0.05, 0.1) is 11.0 Å². The van der Waals surface area contributed by atoms with Gasteiger partial charge in [0.15, 0.2) is 9.84 Å². The van der Waals surface area contributed by atoms with Crippen molar-refractivity contribution in [1.29, 1.82) is 0 Å². The Hall–Kier alpha value is -0.130. The van der Waals surface area contributed by atoms with Gasteiger partial charge in [-0.1, -0.05) is 27.7 Å². The largest absolute Gasteiger partial charge is 0.309 e. The fourth-order valence-electron chi connectivity index (χ4n) is 2.89. The monoisotopic (exact) mass is 318 g/mol. The van der Waals surface area contributed by atoms with E-state index in [0.717, 1.165) is 19.5 Å². The first-order chi connectivity index (χ1) is 9.41. The molecule has 2 atom stereocenters. The molecular formula is C16H34N2O2S. The van der Waals surface area contributed by atoms with Crippen molar-refractivity contribution in [3.05, 3.63) is 0 Å². The minimum absolute atomic E-state index is 0.0866. The van der Waals surface area contributed by atoms with Crippen molar-refractivity contribution < 1.29 is 8.42 Å². The second-order valence-corrected chi connectivity index (χ2v) is 10.7. The lowest BCUT2D eigenvalue weighted by atomic mass is 9.81. The van der Waals surface area contributed by atoms with Crippen molar-refractivity contribution in [1.82, 2.24) is 10.2 Å². The first-order valence-corrected chi connectivity index (χ1v) is 9.83. The Labute approximate surface area is 131 Å². The number of sulfone groups is 1. The van der Waals surface area contributed by atoms with Gasteiger partial charge < -0.3 is 5.32 Å². The first-order valence-electron chi connectivity index (χ1n) is 8.12. The Morgan fingerprint density at radius 1 is 1.33 bits per heavy atom. The highest BCUT2D eigenvalue weighted by Gasteiger charge is 2.39. The summed E-state index contributed by atoms with van der Waals surface area (Å²) < 4.78 is 24.2. The Morgan fingerprint density at radius 2 is 1.90 bits per heavy atom. The summed E-state index contributed by atoms with van der Waals surface area (Å²) in [5.74, 6) is 0.261. The van der Waals surface area contributed by atoms with Crippen LogP contribution in [0.15, 0.2) is 0 Å². The molecule has 4 nitrogen and oxygen atoms in total. The summed E-state index contributed by atoms with van der Waals surface area (Å²) in [5.41, 5.74) is 0.229. The van der Waals surface area contributed by atoms with Crippen molar-refractivity contribution in [3.8, 4) is 0 Å². The summed E-state index contributed by atoms with van der Waals surface area (Å²) in [5, 5.41) is 3.37. The molecule has 1 aliphatic rings. The smallest absolute Gasteiger partial charge is 0.153 e. The van der Waals surface area contributed by atoms with Crippen molar-refractivity contribution in [2.24, 2.45) is 5.41 Å². The van der Waals surface area contributed by atoms with Crippen LogP contribution < -0.4 is 5.32 Å². The molecule has 2 unspecified atom stereocenters. The summed E-state index contributed by atoms with van der Waals surface area (Å²) in [6.07, 6.45) is 1.05. The minimum Gasteiger partial charge on any atom is -0.309 e. The number of rotatable bonds is 5. The highest BCUT2D eigenvalue weighted by atomic mass is 32.2. The predicted octanol–water partition coefficient (Wildman–Crippen LogP) is 2.30. The van der Waals surface area contributed by atoms with E-state index < -0.39 is 9.84 Å². The quantitative estimate of drug-likeness (QED) is 0.845. The second kappa shape index (κ2) is 6.55. The lowest BCUT2D eigenvalue weighted by molar-refractivity contribution is 0.0310. The van der Waals surface area contributed by atoms with E-state index in [1.165, 1.54) is 0 Å². The van der Waals surface area contributed by atoms with Crippen molar-refractivity contribution >= 4 is 9.84 Å². The molecule has 1 rings (SSSR count). The average Bonchev–Trinajstić information content (AvgIpc) is 2.35. The fourth-order valence-corrected chi connectivity index (χ4v) is 3.85. The third-order valence-electron chi connectivity index (χ3n) is 4.88. The number of piperazine rings is 1. The van der Waals surface area contributed by atoms with Crippen molar-refractivity contribution in [2.75, 3.05) is 25.4 Å². The van der Waals surface area contributed by atoms with Gasteiger partial charge >= 0.3 is 0 Å². The van der Waals surface area contributed by atoms with Crippen molar-refractivity contribution in [3.63, 3.8) is 0 Å². The summed E-state index contributed by atoms with van der Waals surface area (Å²) in [6, 6.07) is 0.375. The van der Waals surface area contributed by atoms with E-state index in [-0.39, 0.29) is 22.0 Å². The molecular weight excluding hydrogens is 284 g/mol. The first kappa shape index (κ1) is 18.9. The average molecular weight is 319 g/mol. The molecule has 1 aliphatic heterocycles. The molecule has 0 aromatic carbocycles. The van der Waals surface area contributed by atoms with Crippen LogP contribution in [0.1, 0.15) is 54.9 Å². The van der Waals surface area contributed by atoms with Crippen LogP contribution in [-0.4, -0.2) is 55.5 Å². The summed E-state index contributed by atoms with van der Waals surface area (Å²) in [7, 11) is -2.97. The Bertz CT molecular complexity index is 440. The number of nitrogens with zero attached hydrogens (tertiary/aromatic N) is 1. The number of hydrogen-bond acceptors (Lipinski definition) is 4. The second-order valence-electron chi connectivity index (χ2n) is 8.06. The molecule has 0 saturated carbocycles. The van der Waals surface area contributed by atoms with Crippen LogP contribution in [0.3, 0.4) is 0 Å². The Kier molecular flexibility index (Phi) is 5.90. The van der Waals surface area contributed by atoms with Crippen LogP contribution in [0.25, 0.3) is 0 Å². The van der Waals surface area contributed by atoms with E-state index >= 15 is 0 Å². The van der Waals surface area contributed by atoms with Crippen LogP contribution in [0.5, 0.6) is 0 Å². The topological polar surface area (TPSA) is 49.4 Å². The van der Waals surface area contributed by atoms with E-state index in [1.807, 2.05) is 0 Å². The maximum atomic E-state index is 12.1. The molecule has 1 heterocycles. The normalized spacial score (nSPS) is 29.0. The molecule has 0 amide bonds. The summed E-state index contributed by atoms with van der Waals surface area (Å²) in [6.45, 7) is 17.1. The van der Waals surface area contributed by atoms with Gasteiger partial charge in [0.25, 0.3) is 0 Å². The molecule has 0 radical (unpaired) electrons. The van der Waals surface area contributed by atoms with Crippen LogP contribution in [-0.2, 0) is 9.84 Å². The SMILES string of the molecule is CCC1(C)CN(CCS(=O)(=O)C(C)C)C(C(C)(C)C)CN1. The molecule has 126 valence electrons. The van der Waals surface area contributed by atoms with Gasteiger partial charge in [-0.25, -0.2) is 8.42 Å². The molecule has 0 bridgehead atoms. The zero-order valence-electron chi connectivity index (χ0n) is 14.9. The van der Waals surface area contributed by atoms with Crippen LogP contribution in [0, 0.1) is 5.41 Å². The Balaban J connectivity index is 2.85. The minimum atomic E-state index is -2.97. The molecule has 0 aromatic heterocycles. The predicted molar refractivity (Wildman–Crippen MR) is 90.4 cm³/mol. The standard InChI is InChI=1S/C16H34N2O2S/c1-8-16(7)12-18(9-10-21(19,20)13(2)3)14(11-17-16)15(4,5)6/h13-14,17H,8-12H2,1-7H3. The molecule has 1 saturated heterocycles. The molecule has 5 heteroatoms. The number of hydrogen-bond donors (Lipinski definition) is 1. The van der Waals surface area contributed by atoms with E-state index in [1.54, 1.807) is 13.8 Å². The highest BCUT2D eigenvalue weighted by Crippen LogP contribution is 2.29. The number of nitrogens with one attached hydrogen (secondary N) is 1. The maximum absolute atomic E-state index is 12.1. The van der Waals surface area contributed by atoms with Gasteiger partial charge in [-0.2, -0.15) is 0 Å². The highest BCUT2D eigenvalue weighted by molar-refractivity contribution is 7.92. The van der Waals surface area contributed by atoms with Gasteiger partial charge in [0, 0.05) is 31.2 Å². The lowest BCUT2D eigenvalue weighted by Crippen LogP contribution is -2.66. The van der Waals surface area contributed by atoms with Gasteiger partial charge in [0.1, 0.15) is 0 Å². The third kappa shape index (κ3) is 4.93. The van der Waals surface area contributed by atoms with Gasteiger partial charge in [0.2, 0.25) is 0 Å². The maximum Gasteiger partial charge on any atom is 0.153 e. The van der Waals surface area contributed by atoms with E-state index in [2.05, 4.69) is 44.8 Å². The van der Waals surface area contributed by atoms with E-state index in [9.17, 15) is 8.42 Å². The Morgan fingerprint density at radius 3 is 2.33 bits per heavy atom.